The van der Waals surface area contributed by atoms with Crippen LogP contribution in [0.2, 0.25) is 5.02 Å². The predicted molar refractivity (Wildman–Crippen MR) is 130 cm³/mol. The van der Waals surface area contributed by atoms with Gasteiger partial charge in [0.1, 0.15) is 10.7 Å². The first-order chi connectivity index (χ1) is 16.4. The van der Waals surface area contributed by atoms with E-state index in [-0.39, 0.29) is 15.8 Å². The molecule has 4 aromatic rings. The van der Waals surface area contributed by atoms with E-state index in [1.54, 1.807) is 19.1 Å². The molecule has 0 atom stereocenters. The van der Waals surface area contributed by atoms with Crippen molar-refractivity contribution in [2.75, 3.05) is 13.2 Å². The standard InChI is InChI=1S/C22H22ClN5O4S2/c1-3-32-10-4-9-28-18(13-5-7-14(23)8-6-13)26-27-22(28)33-11-15-24-19(29)16-12(2)17(21(30)31)34-20(16)25-15/h5-8H,3-4,9-11H2,1-2H3,(H,30,31)(H,24,25,29)/p-1. The second-order valence-corrected chi connectivity index (χ2v) is 9.72. The first-order valence-electron chi connectivity index (χ1n) is 10.5. The van der Waals surface area contributed by atoms with Crippen molar-refractivity contribution in [3.05, 3.63) is 55.9 Å². The van der Waals surface area contributed by atoms with Crippen LogP contribution in [0.3, 0.4) is 0 Å². The van der Waals surface area contributed by atoms with E-state index in [1.165, 1.54) is 11.8 Å². The number of aromatic carboxylic acids is 1. The number of carbonyl (C=O) groups excluding carboxylic acids is 1. The molecule has 0 unspecified atom stereocenters. The molecular weight excluding hydrogens is 498 g/mol. The highest BCUT2D eigenvalue weighted by molar-refractivity contribution is 7.98. The number of nitrogens with zero attached hydrogens (tertiary/aromatic N) is 4. The average Bonchev–Trinajstić information content (AvgIpc) is 3.37. The Morgan fingerprint density at radius 2 is 2.06 bits per heavy atom. The summed E-state index contributed by atoms with van der Waals surface area (Å²) in [6.07, 6.45) is 0.779. The van der Waals surface area contributed by atoms with Gasteiger partial charge < -0.3 is 24.2 Å². The van der Waals surface area contributed by atoms with Crippen LogP contribution in [-0.2, 0) is 17.0 Å². The Labute approximate surface area is 208 Å². The summed E-state index contributed by atoms with van der Waals surface area (Å²) in [5.74, 6) is 0.142. The molecule has 0 radical (unpaired) electrons. The van der Waals surface area contributed by atoms with Crippen molar-refractivity contribution in [1.29, 1.82) is 0 Å². The molecule has 178 valence electrons. The van der Waals surface area contributed by atoms with Crippen LogP contribution in [0.1, 0.15) is 34.4 Å². The van der Waals surface area contributed by atoms with Gasteiger partial charge >= 0.3 is 0 Å². The van der Waals surface area contributed by atoms with Gasteiger partial charge in [0.15, 0.2) is 11.0 Å². The number of fused-ring (bicyclic) bond motifs is 1. The maximum Gasteiger partial charge on any atom is 0.259 e. The molecule has 1 aromatic carbocycles. The van der Waals surface area contributed by atoms with E-state index >= 15 is 0 Å². The Balaban J connectivity index is 1.60. The van der Waals surface area contributed by atoms with Crippen molar-refractivity contribution < 1.29 is 14.6 Å². The largest absolute Gasteiger partial charge is 0.544 e. The number of halogens is 1. The number of aromatic nitrogens is 5. The molecule has 3 heterocycles. The highest BCUT2D eigenvalue weighted by Gasteiger charge is 2.17. The summed E-state index contributed by atoms with van der Waals surface area (Å²) < 4.78 is 7.48. The zero-order valence-electron chi connectivity index (χ0n) is 18.5. The van der Waals surface area contributed by atoms with Crippen LogP contribution in [0.4, 0.5) is 0 Å². The first-order valence-corrected chi connectivity index (χ1v) is 12.7. The van der Waals surface area contributed by atoms with Crippen LogP contribution >= 0.6 is 34.7 Å². The molecule has 0 aliphatic heterocycles. The monoisotopic (exact) mass is 518 g/mol. The normalized spacial score (nSPS) is 11.4. The van der Waals surface area contributed by atoms with Gasteiger partial charge in [-0.15, -0.1) is 21.5 Å². The van der Waals surface area contributed by atoms with Gasteiger partial charge in [-0.1, -0.05) is 23.4 Å². The summed E-state index contributed by atoms with van der Waals surface area (Å²) in [6.45, 7) is 5.45. The number of nitrogens with one attached hydrogen (secondary N) is 1. The van der Waals surface area contributed by atoms with Crippen molar-refractivity contribution >= 4 is 50.9 Å². The fourth-order valence-corrected chi connectivity index (χ4v) is 5.46. The molecule has 0 fully saturated rings. The molecule has 0 bridgehead atoms. The van der Waals surface area contributed by atoms with E-state index < -0.39 is 5.97 Å². The van der Waals surface area contributed by atoms with Crippen molar-refractivity contribution in [2.24, 2.45) is 0 Å². The molecule has 0 amide bonds. The molecule has 0 aliphatic rings. The summed E-state index contributed by atoms with van der Waals surface area (Å²) >= 11 is 8.35. The van der Waals surface area contributed by atoms with Gasteiger partial charge in [-0.05, 0) is 50.1 Å². The number of ether oxygens (including phenoxy) is 1. The van der Waals surface area contributed by atoms with Gasteiger partial charge in [0.2, 0.25) is 0 Å². The van der Waals surface area contributed by atoms with Crippen LogP contribution in [0.15, 0.2) is 34.2 Å². The third kappa shape index (κ3) is 5.17. The lowest BCUT2D eigenvalue weighted by Gasteiger charge is -2.10. The second kappa shape index (κ2) is 10.7. The van der Waals surface area contributed by atoms with Crippen molar-refractivity contribution in [2.45, 2.75) is 37.7 Å². The fourth-order valence-electron chi connectivity index (χ4n) is 3.46. The molecule has 1 N–H and O–H groups in total. The first kappa shape index (κ1) is 24.4. The van der Waals surface area contributed by atoms with Crippen molar-refractivity contribution in [3.8, 4) is 11.4 Å². The number of H-pyrrole nitrogens is 1. The third-order valence-electron chi connectivity index (χ3n) is 5.07. The number of carbonyl (C=O) groups is 1. The number of aromatic amines is 1. The number of hydrogen-bond acceptors (Lipinski definition) is 9. The summed E-state index contributed by atoms with van der Waals surface area (Å²) in [4.78, 5) is 31.5. The quantitative estimate of drug-likeness (QED) is 0.250. The summed E-state index contributed by atoms with van der Waals surface area (Å²) in [7, 11) is 0. The smallest absolute Gasteiger partial charge is 0.259 e. The SMILES string of the molecule is CCOCCCn1c(SCc2nc3sc(C(=O)[O-])c(C)c3c(=O)[nH]2)nnc1-c1ccc(Cl)cc1. The number of thioether (sulfide) groups is 1. The van der Waals surface area contributed by atoms with Crippen LogP contribution in [0.25, 0.3) is 21.6 Å². The number of aryl methyl sites for hydroxylation is 1. The van der Waals surface area contributed by atoms with Crippen molar-refractivity contribution in [1.82, 2.24) is 24.7 Å². The van der Waals surface area contributed by atoms with Gasteiger partial charge in [-0.3, -0.25) is 4.79 Å². The average molecular weight is 519 g/mol. The Morgan fingerprint density at radius 3 is 2.76 bits per heavy atom. The fraction of sp³-hybridized carbons (Fsp3) is 0.318. The Bertz CT molecular complexity index is 1380. The molecule has 34 heavy (non-hydrogen) atoms. The minimum absolute atomic E-state index is 0.0134. The van der Waals surface area contributed by atoms with Gasteiger partial charge in [0, 0.05) is 30.3 Å². The molecule has 0 saturated carbocycles. The number of rotatable bonds is 10. The van der Waals surface area contributed by atoms with Crippen LogP contribution in [0.5, 0.6) is 0 Å². The lowest BCUT2D eigenvalue weighted by Crippen LogP contribution is -2.21. The maximum absolute atomic E-state index is 12.6. The number of carboxylic acids is 1. The van der Waals surface area contributed by atoms with Gasteiger partial charge in [0.25, 0.3) is 5.56 Å². The van der Waals surface area contributed by atoms with E-state index in [9.17, 15) is 14.7 Å². The summed E-state index contributed by atoms with van der Waals surface area (Å²) in [5, 5.41) is 21.6. The lowest BCUT2D eigenvalue weighted by atomic mass is 10.2. The van der Waals surface area contributed by atoms with E-state index in [2.05, 4.69) is 20.2 Å². The zero-order chi connectivity index (χ0) is 24.2. The zero-order valence-corrected chi connectivity index (χ0v) is 20.9. The molecule has 3 aromatic heterocycles. The summed E-state index contributed by atoms with van der Waals surface area (Å²) in [6, 6.07) is 7.38. The van der Waals surface area contributed by atoms with E-state index in [1.807, 2.05) is 23.6 Å². The molecule has 0 spiro atoms. The van der Waals surface area contributed by atoms with Crippen LogP contribution < -0.4 is 10.7 Å². The lowest BCUT2D eigenvalue weighted by molar-refractivity contribution is -0.254. The number of thiophene rings is 1. The molecule has 12 heteroatoms. The Kier molecular flexibility index (Phi) is 7.67. The highest BCUT2D eigenvalue weighted by Crippen LogP contribution is 2.29. The number of carboxylic acid groups (broad SMARTS) is 1. The predicted octanol–water partition coefficient (Wildman–Crippen LogP) is 3.29. The molecular formula is C22H21ClN5O4S2-. The maximum atomic E-state index is 12.6. The second-order valence-electron chi connectivity index (χ2n) is 7.34. The minimum atomic E-state index is -1.31. The third-order valence-corrected chi connectivity index (χ3v) is 7.46. The minimum Gasteiger partial charge on any atom is -0.544 e. The van der Waals surface area contributed by atoms with Crippen molar-refractivity contribution in [3.63, 3.8) is 0 Å². The Morgan fingerprint density at radius 1 is 1.29 bits per heavy atom. The Hall–Kier alpha value is -2.73. The molecule has 0 aliphatic carbocycles. The van der Waals surface area contributed by atoms with Crippen LogP contribution in [0, 0.1) is 6.92 Å². The number of benzene rings is 1. The molecule has 9 nitrogen and oxygen atoms in total. The molecule has 0 saturated heterocycles. The van der Waals surface area contributed by atoms with E-state index in [0.717, 1.165) is 23.3 Å². The van der Waals surface area contributed by atoms with Gasteiger partial charge in [-0.25, -0.2) is 4.98 Å². The van der Waals surface area contributed by atoms with Crippen LogP contribution in [-0.4, -0.2) is 43.9 Å². The molecule has 4 rings (SSSR count). The van der Waals surface area contributed by atoms with Gasteiger partial charge in [-0.2, -0.15) is 0 Å². The topological polar surface area (TPSA) is 126 Å². The van der Waals surface area contributed by atoms with E-state index in [4.69, 9.17) is 16.3 Å². The number of hydrogen-bond donors (Lipinski definition) is 1. The summed E-state index contributed by atoms with van der Waals surface area (Å²) in [5.41, 5.74) is 0.883. The highest BCUT2D eigenvalue weighted by atomic mass is 35.5. The van der Waals surface area contributed by atoms with Gasteiger partial charge in [0.05, 0.1) is 22.0 Å². The van der Waals surface area contributed by atoms with E-state index in [0.29, 0.717) is 57.7 Å².